The van der Waals surface area contributed by atoms with Crippen molar-refractivity contribution >= 4 is 11.6 Å². The van der Waals surface area contributed by atoms with Crippen molar-refractivity contribution in [2.75, 3.05) is 44.9 Å². The Hall–Kier alpha value is -2.34. The molecule has 0 unspecified atom stereocenters. The summed E-state index contributed by atoms with van der Waals surface area (Å²) in [6, 6.07) is 9.84. The molecule has 0 fully saturated rings. The predicted molar refractivity (Wildman–Crippen MR) is 89.4 cm³/mol. The molecule has 118 valence electrons. The molecule has 1 aromatic carbocycles. The maximum Gasteiger partial charge on any atom is 0.131 e. The Morgan fingerprint density at radius 2 is 1.82 bits per heavy atom. The summed E-state index contributed by atoms with van der Waals surface area (Å²) in [5.74, 6) is 2.47. The van der Waals surface area contributed by atoms with E-state index in [1.807, 2.05) is 44.4 Å². The zero-order chi connectivity index (χ0) is 15.8. The molecule has 1 heterocycles. The van der Waals surface area contributed by atoms with Crippen molar-refractivity contribution in [3.05, 3.63) is 42.2 Å². The fraction of sp³-hybridized carbons (Fsp3) is 0.375. The summed E-state index contributed by atoms with van der Waals surface area (Å²) in [7, 11) is 5.76. The maximum atomic E-state index is 5.34. The van der Waals surface area contributed by atoms with Gasteiger partial charge in [0.25, 0.3) is 0 Å². The molecular formula is C16H23N5O. The number of para-hydroxylation sites is 1. The minimum atomic E-state index is 0.651. The van der Waals surface area contributed by atoms with E-state index >= 15 is 0 Å². The van der Waals surface area contributed by atoms with Gasteiger partial charge >= 0.3 is 0 Å². The molecule has 0 bridgehead atoms. The Bertz CT molecular complexity index is 588. The van der Waals surface area contributed by atoms with Crippen LogP contribution >= 0.6 is 0 Å². The highest BCUT2D eigenvalue weighted by atomic mass is 16.5. The molecule has 0 saturated heterocycles. The van der Waals surface area contributed by atoms with Gasteiger partial charge in [-0.2, -0.15) is 0 Å². The van der Waals surface area contributed by atoms with Crippen molar-refractivity contribution < 1.29 is 4.74 Å². The van der Waals surface area contributed by atoms with Gasteiger partial charge in [0.15, 0.2) is 0 Å². The summed E-state index contributed by atoms with van der Waals surface area (Å²) in [4.78, 5) is 10.6. The third-order valence-corrected chi connectivity index (χ3v) is 3.18. The van der Waals surface area contributed by atoms with Crippen LogP contribution in [0.3, 0.4) is 0 Å². The predicted octanol–water partition coefficient (Wildman–Crippen LogP) is 2.07. The van der Waals surface area contributed by atoms with Gasteiger partial charge in [0.2, 0.25) is 0 Å². The van der Waals surface area contributed by atoms with Crippen molar-refractivity contribution in [1.82, 2.24) is 14.9 Å². The number of nitrogens with zero attached hydrogens (tertiary/aromatic N) is 3. The fourth-order valence-corrected chi connectivity index (χ4v) is 1.99. The van der Waals surface area contributed by atoms with Crippen LogP contribution in [0.5, 0.6) is 5.75 Å². The monoisotopic (exact) mass is 301 g/mol. The van der Waals surface area contributed by atoms with Crippen molar-refractivity contribution in [2.24, 2.45) is 0 Å². The molecule has 2 aromatic rings. The normalized spacial score (nSPS) is 10.5. The molecule has 1 aromatic heterocycles. The van der Waals surface area contributed by atoms with Crippen LogP contribution in [0.15, 0.2) is 36.7 Å². The third kappa shape index (κ3) is 4.89. The van der Waals surface area contributed by atoms with Crippen molar-refractivity contribution in [3.63, 3.8) is 0 Å². The van der Waals surface area contributed by atoms with Crippen LogP contribution in [0.2, 0.25) is 0 Å². The highest BCUT2D eigenvalue weighted by Crippen LogP contribution is 2.18. The van der Waals surface area contributed by atoms with E-state index in [-0.39, 0.29) is 0 Å². The molecule has 2 N–H and O–H groups in total. The van der Waals surface area contributed by atoms with Crippen LogP contribution < -0.4 is 15.4 Å². The summed E-state index contributed by atoms with van der Waals surface area (Å²) in [5, 5.41) is 6.57. The Labute approximate surface area is 131 Å². The van der Waals surface area contributed by atoms with Gasteiger partial charge in [0, 0.05) is 31.3 Å². The zero-order valence-corrected chi connectivity index (χ0v) is 13.3. The van der Waals surface area contributed by atoms with Gasteiger partial charge in [-0.05, 0) is 20.2 Å². The topological polar surface area (TPSA) is 62.3 Å². The van der Waals surface area contributed by atoms with E-state index in [1.165, 1.54) is 0 Å². The fourth-order valence-electron chi connectivity index (χ4n) is 1.99. The van der Waals surface area contributed by atoms with Crippen LogP contribution in [0.4, 0.5) is 11.6 Å². The smallest absolute Gasteiger partial charge is 0.131 e. The lowest BCUT2D eigenvalue weighted by Crippen LogP contribution is -2.21. The minimum absolute atomic E-state index is 0.651. The molecule has 2 rings (SSSR count). The van der Waals surface area contributed by atoms with Crippen LogP contribution in [0.25, 0.3) is 0 Å². The number of likely N-dealkylation sites (N-methyl/N-ethyl adjacent to an activating group) is 1. The second-order valence-corrected chi connectivity index (χ2v) is 5.18. The Kier molecular flexibility index (Phi) is 5.97. The molecule has 0 radical (unpaired) electrons. The molecule has 0 aliphatic carbocycles. The second-order valence-electron chi connectivity index (χ2n) is 5.18. The number of hydrogen-bond donors (Lipinski definition) is 2. The first-order valence-corrected chi connectivity index (χ1v) is 7.25. The number of ether oxygens (including phenoxy) is 1. The average Bonchev–Trinajstić information content (AvgIpc) is 2.53. The van der Waals surface area contributed by atoms with Crippen molar-refractivity contribution in [2.45, 2.75) is 6.54 Å². The first kappa shape index (κ1) is 16.0. The molecule has 0 saturated carbocycles. The van der Waals surface area contributed by atoms with Crippen molar-refractivity contribution in [1.29, 1.82) is 0 Å². The van der Waals surface area contributed by atoms with E-state index < -0.39 is 0 Å². The standard InChI is InChI=1S/C16H23N5O/c1-21(2)9-8-17-15-10-16(20-12-19-15)18-11-13-6-4-5-7-14(13)22-3/h4-7,10,12H,8-9,11H2,1-3H3,(H2,17,18,19,20). The number of methoxy groups -OCH3 is 1. The summed E-state index contributed by atoms with van der Waals surface area (Å²) < 4.78 is 5.34. The largest absolute Gasteiger partial charge is 0.496 e. The number of benzene rings is 1. The summed E-state index contributed by atoms with van der Waals surface area (Å²) in [5.41, 5.74) is 1.09. The average molecular weight is 301 g/mol. The molecule has 6 nitrogen and oxygen atoms in total. The van der Waals surface area contributed by atoms with E-state index in [0.717, 1.165) is 36.0 Å². The van der Waals surface area contributed by atoms with E-state index in [2.05, 4.69) is 25.5 Å². The number of rotatable bonds is 8. The zero-order valence-electron chi connectivity index (χ0n) is 13.3. The first-order valence-electron chi connectivity index (χ1n) is 7.25. The number of hydrogen-bond acceptors (Lipinski definition) is 6. The van der Waals surface area contributed by atoms with E-state index in [1.54, 1.807) is 13.4 Å². The SMILES string of the molecule is COc1ccccc1CNc1cc(NCCN(C)C)ncn1. The highest BCUT2D eigenvalue weighted by Gasteiger charge is 2.03. The van der Waals surface area contributed by atoms with Crippen molar-refractivity contribution in [3.8, 4) is 5.75 Å². The summed E-state index contributed by atoms with van der Waals surface area (Å²) in [6.45, 7) is 2.45. The lowest BCUT2D eigenvalue weighted by Gasteiger charge is -2.12. The molecular weight excluding hydrogens is 278 g/mol. The molecule has 0 aliphatic heterocycles. The molecule has 0 atom stereocenters. The quantitative estimate of drug-likeness (QED) is 0.778. The van der Waals surface area contributed by atoms with Crippen LogP contribution in [0, 0.1) is 0 Å². The minimum Gasteiger partial charge on any atom is -0.496 e. The molecule has 6 heteroatoms. The third-order valence-electron chi connectivity index (χ3n) is 3.18. The molecule has 0 spiro atoms. The van der Waals surface area contributed by atoms with E-state index in [0.29, 0.717) is 6.54 Å². The van der Waals surface area contributed by atoms with Gasteiger partial charge in [-0.1, -0.05) is 18.2 Å². The number of nitrogens with one attached hydrogen (secondary N) is 2. The van der Waals surface area contributed by atoms with E-state index in [9.17, 15) is 0 Å². The number of aromatic nitrogens is 2. The van der Waals surface area contributed by atoms with Crippen LogP contribution in [0.1, 0.15) is 5.56 Å². The molecule has 22 heavy (non-hydrogen) atoms. The van der Waals surface area contributed by atoms with Crippen LogP contribution in [-0.4, -0.2) is 49.2 Å². The highest BCUT2D eigenvalue weighted by molar-refractivity contribution is 5.47. The lowest BCUT2D eigenvalue weighted by atomic mass is 10.2. The summed E-state index contributed by atoms with van der Waals surface area (Å²) >= 11 is 0. The van der Waals surface area contributed by atoms with Crippen LogP contribution in [-0.2, 0) is 6.54 Å². The van der Waals surface area contributed by atoms with Gasteiger partial charge in [-0.25, -0.2) is 9.97 Å². The van der Waals surface area contributed by atoms with Gasteiger partial charge in [0.05, 0.1) is 7.11 Å². The molecule has 0 amide bonds. The van der Waals surface area contributed by atoms with Gasteiger partial charge in [0.1, 0.15) is 23.7 Å². The Morgan fingerprint density at radius 3 is 2.55 bits per heavy atom. The lowest BCUT2D eigenvalue weighted by molar-refractivity contribution is 0.410. The van der Waals surface area contributed by atoms with Gasteiger partial charge in [-0.3, -0.25) is 0 Å². The molecule has 0 aliphatic rings. The first-order chi connectivity index (χ1) is 10.7. The summed E-state index contributed by atoms with van der Waals surface area (Å²) in [6.07, 6.45) is 1.56. The van der Waals surface area contributed by atoms with Gasteiger partial charge < -0.3 is 20.3 Å². The maximum absolute atomic E-state index is 5.34. The van der Waals surface area contributed by atoms with E-state index in [4.69, 9.17) is 4.74 Å². The Balaban J connectivity index is 1.92. The van der Waals surface area contributed by atoms with Gasteiger partial charge in [-0.15, -0.1) is 0 Å². The second kappa shape index (κ2) is 8.19. The Morgan fingerprint density at radius 1 is 1.09 bits per heavy atom. The number of anilines is 2.